The quantitative estimate of drug-likeness (QED) is 0.480. The van der Waals surface area contributed by atoms with Gasteiger partial charge in [0.05, 0.1) is 6.21 Å². The van der Waals surface area contributed by atoms with Crippen LogP contribution in [0, 0.1) is 11.6 Å². The van der Waals surface area contributed by atoms with Crippen LogP contribution in [0.2, 0.25) is 5.15 Å². The number of aromatic nitrogens is 1. The number of hydrazone groups is 1. The lowest BCUT2D eigenvalue weighted by atomic mass is 10.2. The number of anilines is 1. The molecule has 0 aliphatic carbocycles. The van der Waals surface area contributed by atoms with Crippen molar-refractivity contribution in [2.45, 2.75) is 0 Å². The Labute approximate surface area is 140 Å². The number of urea groups is 1. The highest BCUT2D eigenvalue weighted by molar-refractivity contribution is 6.34. The fourth-order valence-corrected chi connectivity index (χ4v) is 2.40. The van der Waals surface area contributed by atoms with E-state index in [9.17, 15) is 13.6 Å². The highest BCUT2D eigenvalue weighted by Crippen LogP contribution is 2.24. The molecule has 0 atom stereocenters. The smallest absolute Gasteiger partial charge is 0.339 e. The Hall–Kier alpha value is -2.93. The van der Waals surface area contributed by atoms with Crippen molar-refractivity contribution in [1.82, 2.24) is 10.4 Å². The van der Waals surface area contributed by atoms with Crippen LogP contribution in [0.3, 0.4) is 0 Å². The standard InChI is InChI=1S/C16H11ClF2N4O/c17-15-11(10-3-1-2-4-14(10)22-15)8-20-23-16(24)21-9-5-6-12(18)13(19)7-9/h1-8,22H,(H2,21,23,24). The summed E-state index contributed by atoms with van der Waals surface area (Å²) >= 11 is 6.09. The van der Waals surface area contributed by atoms with Crippen LogP contribution in [0.1, 0.15) is 5.56 Å². The number of H-pyrrole nitrogens is 1. The van der Waals surface area contributed by atoms with E-state index in [0.717, 1.165) is 23.0 Å². The Balaban J connectivity index is 1.68. The molecule has 1 heterocycles. The number of halogens is 3. The first kappa shape index (κ1) is 15.9. The van der Waals surface area contributed by atoms with Crippen molar-refractivity contribution in [2.24, 2.45) is 5.10 Å². The summed E-state index contributed by atoms with van der Waals surface area (Å²) in [4.78, 5) is 14.7. The van der Waals surface area contributed by atoms with Crippen molar-refractivity contribution >= 4 is 40.4 Å². The number of carbonyl (C=O) groups is 1. The van der Waals surface area contributed by atoms with Gasteiger partial charge in [0.25, 0.3) is 0 Å². The molecule has 3 N–H and O–H groups in total. The molecule has 0 unspecified atom stereocenters. The molecule has 0 bridgehead atoms. The van der Waals surface area contributed by atoms with Crippen LogP contribution in [0.15, 0.2) is 47.6 Å². The molecular formula is C16H11ClF2N4O. The molecule has 24 heavy (non-hydrogen) atoms. The maximum atomic E-state index is 13.1. The van der Waals surface area contributed by atoms with Gasteiger partial charge in [-0.15, -0.1) is 0 Å². The van der Waals surface area contributed by atoms with Crippen LogP contribution < -0.4 is 10.7 Å². The van der Waals surface area contributed by atoms with Gasteiger partial charge in [0.1, 0.15) is 5.15 Å². The number of carbonyl (C=O) groups excluding carboxylic acids is 1. The predicted octanol–water partition coefficient (Wildman–Crippen LogP) is 4.26. The third-order valence-corrected chi connectivity index (χ3v) is 3.53. The Morgan fingerprint density at radius 3 is 2.75 bits per heavy atom. The summed E-state index contributed by atoms with van der Waals surface area (Å²) in [5.74, 6) is -2.05. The van der Waals surface area contributed by atoms with Crippen molar-refractivity contribution in [1.29, 1.82) is 0 Å². The highest BCUT2D eigenvalue weighted by atomic mass is 35.5. The minimum Gasteiger partial charge on any atom is -0.345 e. The summed E-state index contributed by atoms with van der Waals surface area (Å²) in [6.07, 6.45) is 1.39. The molecule has 2 amide bonds. The van der Waals surface area contributed by atoms with Gasteiger partial charge in [-0.3, -0.25) is 0 Å². The first-order chi connectivity index (χ1) is 11.5. The van der Waals surface area contributed by atoms with Crippen LogP contribution in [-0.2, 0) is 0 Å². The fraction of sp³-hybridized carbons (Fsp3) is 0. The molecule has 2 aromatic carbocycles. The first-order valence-corrected chi connectivity index (χ1v) is 7.23. The van der Waals surface area contributed by atoms with Gasteiger partial charge in [-0.1, -0.05) is 29.8 Å². The molecule has 0 fully saturated rings. The lowest BCUT2D eigenvalue weighted by Gasteiger charge is -2.04. The largest absolute Gasteiger partial charge is 0.345 e. The van der Waals surface area contributed by atoms with Gasteiger partial charge < -0.3 is 10.3 Å². The Kier molecular flexibility index (Phi) is 4.43. The average Bonchev–Trinajstić information content (AvgIpc) is 2.87. The Morgan fingerprint density at radius 2 is 1.96 bits per heavy atom. The third kappa shape index (κ3) is 3.36. The Morgan fingerprint density at radius 1 is 1.17 bits per heavy atom. The first-order valence-electron chi connectivity index (χ1n) is 6.86. The van der Waals surface area contributed by atoms with Crippen molar-refractivity contribution in [3.63, 3.8) is 0 Å². The van der Waals surface area contributed by atoms with E-state index in [1.54, 1.807) is 0 Å². The van der Waals surface area contributed by atoms with Crippen LogP contribution in [0.5, 0.6) is 0 Å². The maximum Gasteiger partial charge on any atom is 0.339 e. The summed E-state index contributed by atoms with van der Waals surface area (Å²) in [5, 5.41) is 7.38. The van der Waals surface area contributed by atoms with E-state index < -0.39 is 17.7 Å². The average molecular weight is 349 g/mol. The zero-order valence-electron chi connectivity index (χ0n) is 12.1. The normalized spacial score (nSPS) is 11.1. The van der Waals surface area contributed by atoms with Crippen LogP contribution in [-0.4, -0.2) is 17.2 Å². The molecule has 0 aliphatic rings. The molecule has 0 radical (unpaired) electrons. The van der Waals surface area contributed by atoms with Crippen LogP contribution in [0.4, 0.5) is 19.3 Å². The van der Waals surface area contributed by atoms with E-state index in [4.69, 9.17) is 11.6 Å². The summed E-state index contributed by atoms with van der Waals surface area (Å²) in [6.45, 7) is 0. The molecule has 5 nitrogen and oxygen atoms in total. The van der Waals surface area contributed by atoms with Gasteiger partial charge in [-0.05, 0) is 18.2 Å². The molecule has 0 saturated carbocycles. The van der Waals surface area contributed by atoms with E-state index in [1.807, 2.05) is 24.3 Å². The minimum absolute atomic E-state index is 0.103. The van der Waals surface area contributed by atoms with Crippen molar-refractivity contribution in [3.8, 4) is 0 Å². The summed E-state index contributed by atoms with van der Waals surface area (Å²) in [7, 11) is 0. The monoisotopic (exact) mass is 348 g/mol. The number of amides is 2. The van der Waals surface area contributed by atoms with Gasteiger partial charge in [0.2, 0.25) is 0 Å². The molecule has 122 valence electrons. The van der Waals surface area contributed by atoms with Crippen molar-refractivity contribution in [3.05, 3.63) is 64.8 Å². The Bertz CT molecular complexity index is 939. The third-order valence-electron chi connectivity index (χ3n) is 3.24. The molecule has 3 rings (SSSR count). The second-order valence-corrected chi connectivity index (χ2v) is 5.23. The highest BCUT2D eigenvalue weighted by Gasteiger charge is 2.08. The number of hydrogen-bond acceptors (Lipinski definition) is 2. The van der Waals surface area contributed by atoms with Gasteiger partial charge >= 0.3 is 6.03 Å². The number of hydrogen-bond donors (Lipinski definition) is 3. The van der Waals surface area contributed by atoms with Crippen LogP contribution >= 0.6 is 11.6 Å². The molecule has 0 aliphatic heterocycles. The summed E-state index contributed by atoms with van der Waals surface area (Å²) in [5.41, 5.74) is 3.80. The molecule has 0 saturated heterocycles. The lowest BCUT2D eigenvalue weighted by molar-refractivity contribution is 0.252. The molecular weight excluding hydrogens is 338 g/mol. The number of aromatic amines is 1. The van der Waals surface area contributed by atoms with Crippen molar-refractivity contribution in [2.75, 3.05) is 5.32 Å². The van der Waals surface area contributed by atoms with E-state index in [1.165, 1.54) is 12.3 Å². The van der Waals surface area contributed by atoms with Gasteiger partial charge in [-0.25, -0.2) is 19.0 Å². The molecule has 8 heteroatoms. The van der Waals surface area contributed by atoms with Gasteiger partial charge in [0.15, 0.2) is 11.6 Å². The number of nitrogens with zero attached hydrogens (tertiary/aromatic N) is 1. The van der Waals surface area contributed by atoms with E-state index in [0.29, 0.717) is 10.7 Å². The number of nitrogens with one attached hydrogen (secondary N) is 3. The number of para-hydroxylation sites is 1. The molecule has 1 aromatic heterocycles. The zero-order chi connectivity index (χ0) is 17.1. The van der Waals surface area contributed by atoms with Crippen molar-refractivity contribution < 1.29 is 13.6 Å². The SMILES string of the molecule is O=C(NN=Cc1c(Cl)[nH]c2ccccc12)Nc1ccc(F)c(F)c1. The molecule has 0 spiro atoms. The number of benzene rings is 2. The summed E-state index contributed by atoms with van der Waals surface area (Å²) < 4.78 is 25.9. The second-order valence-electron chi connectivity index (χ2n) is 4.85. The summed E-state index contributed by atoms with van der Waals surface area (Å²) in [6, 6.07) is 9.76. The van der Waals surface area contributed by atoms with Gasteiger partial charge in [0, 0.05) is 28.2 Å². The number of rotatable bonds is 3. The molecule has 3 aromatic rings. The minimum atomic E-state index is -1.05. The topological polar surface area (TPSA) is 69.3 Å². The fourth-order valence-electron chi connectivity index (χ4n) is 2.15. The van der Waals surface area contributed by atoms with E-state index in [2.05, 4.69) is 20.8 Å². The second kappa shape index (κ2) is 6.67. The lowest BCUT2D eigenvalue weighted by Crippen LogP contribution is -2.24. The number of fused-ring (bicyclic) bond motifs is 1. The predicted molar refractivity (Wildman–Crippen MR) is 89.4 cm³/mol. The zero-order valence-corrected chi connectivity index (χ0v) is 12.9. The van der Waals surface area contributed by atoms with Crippen LogP contribution in [0.25, 0.3) is 10.9 Å². The van der Waals surface area contributed by atoms with E-state index in [-0.39, 0.29) is 5.69 Å². The van der Waals surface area contributed by atoms with E-state index >= 15 is 0 Å². The van der Waals surface area contributed by atoms with Gasteiger partial charge in [-0.2, -0.15) is 5.10 Å². The maximum absolute atomic E-state index is 13.1.